The molecule has 4 rings (SSSR count). The SMILES string of the molecule is COc1ccc([C@H]2C=C(c3ccccc3)N=C3SCC(=O)N32)cc1. The number of aliphatic imine (C=N–C) groups is 1. The average Bonchev–Trinajstić information content (AvgIpc) is 3.03. The fourth-order valence-electron chi connectivity index (χ4n) is 2.91. The second-order valence-corrected chi connectivity index (χ2v) is 6.53. The maximum Gasteiger partial charge on any atom is 0.239 e. The normalized spacial score (nSPS) is 19.6. The fraction of sp³-hybridized carbons (Fsp3) is 0.158. The van der Waals surface area contributed by atoms with Crippen LogP contribution in [0.25, 0.3) is 5.70 Å². The van der Waals surface area contributed by atoms with E-state index in [0.717, 1.165) is 27.7 Å². The summed E-state index contributed by atoms with van der Waals surface area (Å²) in [4.78, 5) is 18.8. The van der Waals surface area contributed by atoms with Crippen molar-refractivity contribution in [3.63, 3.8) is 0 Å². The van der Waals surface area contributed by atoms with Gasteiger partial charge in [0.2, 0.25) is 5.91 Å². The molecular formula is C19H16N2O2S. The van der Waals surface area contributed by atoms with Crippen LogP contribution in [0.2, 0.25) is 0 Å². The second kappa shape index (κ2) is 6.17. The van der Waals surface area contributed by atoms with Gasteiger partial charge in [-0.25, -0.2) is 4.99 Å². The summed E-state index contributed by atoms with van der Waals surface area (Å²) >= 11 is 1.50. The predicted molar refractivity (Wildman–Crippen MR) is 96.9 cm³/mol. The van der Waals surface area contributed by atoms with Gasteiger partial charge in [-0.15, -0.1) is 0 Å². The zero-order valence-corrected chi connectivity index (χ0v) is 14.0. The summed E-state index contributed by atoms with van der Waals surface area (Å²) in [6.45, 7) is 0. The van der Waals surface area contributed by atoms with Gasteiger partial charge in [0.1, 0.15) is 5.75 Å². The molecule has 1 atom stereocenters. The highest BCUT2D eigenvalue weighted by Gasteiger charge is 2.37. The highest BCUT2D eigenvalue weighted by Crippen LogP contribution is 2.38. The van der Waals surface area contributed by atoms with E-state index < -0.39 is 0 Å². The van der Waals surface area contributed by atoms with Crippen LogP contribution in [-0.2, 0) is 4.79 Å². The van der Waals surface area contributed by atoms with E-state index in [0.29, 0.717) is 5.75 Å². The van der Waals surface area contributed by atoms with E-state index in [1.165, 1.54) is 11.8 Å². The summed E-state index contributed by atoms with van der Waals surface area (Å²) in [6, 6.07) is 17.8. The van der Waals surface area contributed by atoms with E-state index in [4.69, 9.17) is 9.73 Å². The van der Waals surface area contributed by atoms with Crippen molar-refractivity contribution in [1.82, 2.24) is 4.90 Å². The molecule has 0 unspecified atom stereocenters. The minimum Gasteiger partial charge on any atom is -0.497 e. The van der Waals surface area contributed by atoms with Crippen LogP contribution in [0.15, 0.2) is 65.7 Å². The first kappa shape index (κ1) is 15.0. The number of amidine groups is 1. The van der Waals surface area contributed by atoms with E-state index in [1.807, 2.05) is 54.6 Å². The third-order valence-electron chi connectivity index (χ3n) is 4.14. The fourth-order valence-corrected chi connectivity index (χ4v) is 3.82. The van der Waals surface area contributed by atoms with Crippen LogP contribution < -0.4 is 4.74 Å². The molecule has 0 radical (unpaired) electrons. The first-order valence-corrected chi connectivity index (χ1v) is 8.69. The van der Waals surface area contributed by atoms with Crippen molar-refractivity contribution in [2.45, 2.75) is 6.04 Å². The molecule has 24 heavy (non-hydrogen) atoms. The van der Waals surface area contributed by atoms with Gasteiger partial charge >= 0.3 is 0 Å². The third kappa shape index (κ3) is 2.61. The van der Waals surface area contributed by atoms with Gasteiger partial charge in [-0.2, -0.15) is 0 Å². The molecular weight excluding hydrogens is 320 g/mol. The highest BCUT2D eigenvalue weighted by atomic mass is 32.2. The molecule has 2 heterocycles. The van der Waals surface area contributed by atoms with Crippen molar-refractivity contribution in [2.75, 3.05) is 12.9 Å². The van der Waals surface area contributed by atoms with Gasteiger partial charge in [0.25, 0.3) is 0 Å². The third-order valence-corrected chi connectivity index (χ3v) is 5.07. The van der Waals surface area contributed by atoms with Crippen LogP contribution in [0.1, 0.15) is 17.2 Å². The lowest BCUT2D eigenvalue weighted by molar-refractivity contribution is -0.125. The number of thioether (sulfide) groups is 1. The molecule has 5 heteroatoms. The molecule has 0 bridgehead atoms. The first-order valence-electron chi connectivity index (χ1n) is 7.71. The van der Waals surface area contributed by atoms with E-state index >= 15 is 0 Å². The Bertz CT molecular complexity index is 828. The molecule has 0 aromatic heterocycles. The molecule has 1 amide bonds. The predicted octanol–water partition coefficient (Wildman–Crippen LogP) is 3.72. The quantitative estimate of drug-likeness (QED) is 0.858. The number of fused-ring (bicyclic) bond motifs is 1. The summed E-state index contributed by atoms with van der Waals surface area (Å²) in [5.41, 5.74) is 3.01. The Labute approximate surface area is 144 Å². The Morgan fingerprint density at radius 2 is 1.88 bits per heavy atom. The monoisotopic (exact) mass is 336 g/mol. The van der Waals surface area contributed by atoms with E-state index in [-0.39, 0.29) is 11.9 Å². The molecule has 2 aromatic carbocycles. The number of methoxy groups -OCH3 is 1. The average molecular weight is 336 g/mol. The number of carbonyl (C=O) groups is 1. The number of hydrogen-bond acceptors (Lipinski definition) is 4. The molecule has 2 aliphatic heterocycles. The Balaban J connectivity index is 1.78. The highest BCUT2D eigenvalue weighted by molar-refractivity contribution is 8.15. The smallest absolute Gasteiger partial charge is 0.239 e. The number of ether oxygens (including phenoxy) is 1. The van der Waals surface area contributed by atoms with Gasteiger partial charge in [-0.3, -0.25) is 9.69 Å². The summed E-state index contributed by atoms with van der Waals surface area (Å²) in [6.07, 6.45) is 2.06. The van der Waals surface area contributed by atoms with E-state index in [1.54, 1.807) is 12.0 Å². The largest absolute Gasteiger partial charge is 0.497 e. The number of hydrogen-bond donors (Lipinski definition) is 0. The number of nitrogens with zero attached hydrogens (tertiary/aromatic N) is 2. The minimum atomic E-state index is -0.138. The number of benzene rings is 2. The Morgan fingerprint density at radius 1 is 1.12 bits per heavy atom. The lowest BCUT2D eigenvalue weighted by Crippen LogP contribution is -2.34. The summed E-state index contributed by atoms with van der Waals surface area (Å²) in [5, 5.41) is 0.780. The second-order valence-electron chi connectivity index (χ2n) is 5.58. The lowest BCUT2D eigenvalue weighted by Gasteiger charge is -2.29. The minimum absolute atomic E-state index is 0.0999. The molecule has 120 valence electrons. The Hall–Kier alpha value is -2.53. The molecule has 1 fully saturated rings. The van der Waals surface area contributed by atoms with Crippen molar-refractivity contribution in [3.8, 4) is 5.75 Å². The van der Waals surface area contributed by atoms with Gasteiger partial charge < -0.3 is 4.74 Å². The molecule has 0 spiro atoms. The topological polar surface area (TPSA) is 41.9 Å². The maximum absolute atomic E-state index is 12.3. The molecule has 1 saturated heterocycles. The van der Waals surface area contributed by atoms with Gasteiger partial charge in [-0.1, -0.05) is 54.2 Å². The number of carbonyl (C=O) groups excluding carboxylic acids is 1. The van der Waals surface area contributed by atoms with Crippen LogP contribution in [0.3, 0.4) is 0 Å². The summed E-state index contributed by atoms with van der Waals surface area (Å²) < 4.78 is 5.23. The summed E-state index contributed by atoms with van der Waals surface area (Å²) in [7, 11) is 1.65. The van der Waals surface area contributed by atoms with Crippen molar-refractivity contribution in [1.29, 1.82) is 0 Å². The zero-order valence-electron chi connectivity index (χ0n) is 13.2. The summed E-state index contributed by atoms with van der Waals surface area (Å²) in [5.74, 6) is 1.35. The van der Waals surface area contributed by atoms with Gasteiger partial charge in [-0.05, 0) is 29.3 Å². The Morgan fingerprint density at radius 3 is 2.58 bits per heavy atom. The lowest BCUT2D eigenvalue weighted by atomic mass is 10.0. The standard InChI is InChI=1S/C19H16N2O2S/c1-23-15-9-7-14(8-10-15)17-11-16(13-5-3-2-4-6-13)20-19-21(17)18(22)12-24-19/h2-11,17H,12H2,1H3/t17-/m1/s1. The van der Waals surface area contributed by atoms with Gasteiger partial charge in [0.05, 0.1) is 24.6 Å². The zero-order chi connectivity index (χ0) is 16.5. The Kier molecular flexibility index (Phi) is 3.86. The molecule has 4 nitrogen and oxygen atoms in total. The number of rotatable bonds is 3. The molecule has 0 N–H and O–H groups in total. The molecule has 0 aliphatic carbocycles. The van der Waals surface area contributed by atoms with Crippen molar-refractivity contribution < 1.29 is 9.53 Å². The maximum atomic E-state index is 12.3. The number of amides is 1. The van der Waals surface area contributed by atoms with Crippen molar-refractivity contribution in [2.24, 2.45) is 4.99 Å². The molecule has 2 aliphatic rings. The van der Waals surface area contributed by atoms with Crippen LogP contribution in [-0.4, -0.2) is 28.8 Å². The van der Waals surface area contributed by atoms with Gasteiger partial charge in [0.15, 0.2) is 5.17 Å². The van der Waals surface area contributed by atoms with Crippen LogP contribution in [0, 0.1) is 0 Å². The van der Waals surface area contributed by atoms with E-state index in [2.05, 4.69) is 6.08 Å². The van der Waals surface area contributed by atoms with Crippen LogP contribution in [0.5, 0.6) is 5.75 Å². The molecule has 0 saturated carbocycles. The van der Waals surface area contributed by atoms with Crippen molar-refractivity contribution >= 4 is 28.5 Å². The van der Waals surface area contributed by atoms with Crippen molar-refractivity contribution in [3.05, 3.63) is 71.8 Å². The van der Waals surface area contributed by atoms with E-state index in [9.17, 15) is 4.79 Å². The first-order chi connectivity index (χ1) is 11.8. The van der Waals surface area contributed by atoms with Crippen LogP contribution >= 0.6 is 11.8 Å². The molecule has 2 aromatic rings. The van der Waals surface area contributed by atoms with Gasteiger partial charge in [0, 0.05) is 0 Å². The van der Waals surface area contributed by atoms with Crippen LogP contribution in [0.4, 0.5) is 0 Å².